The van der Waals surface area contributed by atoms with Gasteiger partial charge in [0.25, 0.3) is 0 Å². The number of hydrogen-bond acceptors (Lipinski definition) is 6. The van der Waals surface area contributed by atoms with Gasteiger partial charge in [-0.3, -0.25) is 5.32 Å². The van der Waals surface area contributed by atoms with E-state index in [1.165, 1.54) is 0 Å². The van der Waals surface area contributed by atoms with Gasteiger partial charge in [0.15, 0.2) is 0 Å². The summed E-state index contributed by atoms with van der Waals surface area (Å²) >= 11 is 0. The van der Waals surface area contributed by atoms with Crippen LogP contribution in [0.15, 0.2) is 42.7 Å². The van der Waals surface area contributed by atoms with Crippen molar-refractivity contribution < 1.29 is 14.3 Å². The van der Waals surface area contributed by atoms with Crippen molar-refractivity contribution in [2.75, 3.05) is 18.5 Å². The van der Waals surface area contributed by atoms with Crippen LogP contribution in [0.4, 0.5) is 10.5 Å². The molecule has 0 aliphatic carbocycles. The lowest BCUT2D eigenvalue weighted by Crippen LogP contribution is -2.22. The normalized spacial score (nSPS) is 14.3. The van der Waals surface area contributed by atoms with Crippen LogP contribution in [0.1, 0.15) is 41.4 Å². The smallest absolute Gasteiger partial charge is 0.410 e. The Morgan fingerprint density at radius 2 is 1.74 bits per heavy atom. The van der Waals surface area contributed by atoms with E-state index in [1.807, 2.05) is 39.0 Å². The number of nitrogens with zero attached hydrogens (tertiary/aromatic N) is 3. The Bertz CT molecular complexity index is 1060. The van der Waals surface area contributed by atoms with Gasteiger partial charge in [-0.05, 0) is 57.4 Å². The van der Waals surface area contributed by atoms with Crippen molar-refractivity contribution in [2.24, 2.45) is 0 Å². The van der Waals surface area contributed by atoms with Crippen molar-refractivity contribution in [1.82, 2.24) is 15.0 Å². The summed E-state index contributed by atoms with van der Waals surface area (Å²) in [6.07, 6.45) is 4.72. The van der Waals surface area contributed by atoms with Gasteiger partial charge in [-0.25, -0.2) is 19.7 Å². The van der Waals surface area contributed by atoms with Crippen LogP contribution in [0.2, 0.25) is 0 Å². The minimum atomic E-state index is -0.537. The molecular formula is C24H26N4O3. The first-order valence-electron chi connectivity index (χ1n) is 10.4. The fourth-order valence-electron chi connectivity index (χ4n) is 3.67. The summed E-state index contributed by atoms with van der Waals surface area (Å²) in [5.74, 6) is 1.39. The zero-order valence-corrected chi connectivity index (χ0v) is 18.0. The quantitative estimate of drug-likeness (QED) is 0.644. The van der Waals surface area contributed by atoms with E-state index in [4.69, 9.17) is 14.5 Å². The molecule has 7 heteroatoms. The molecule has 31 heavy (non-hydrogen) atoms. The Hall–Kier alpha value is -3.32. The van der Waals surface area contributed by atoms with Crippen LogP contribution in [0, 0.1) is 20.8 Å². The van der Waals surface area contributed by atoms with Gasteiger partial charge in [0, 0.05) is 37.1 Å². The molecule has 4 rings (SSSR count). The topological polar surface area (TPSA) is 86.2 Å². The summed E-state index contributed by atoms with van der Waals surface area (Å²) in [7, 11) is 0. The molecule has 160 valence electrons. The van der Waals surface area contributed by atoms with Crippen molar-refractivity contribution in [3.63, 3.8) is 0 Å². The van der Waals surface area contributed by atoms with Gasteiger partial charge < -0.3 is 9.47 Å². The lowest BCUT2D eigenvalue weighted by molar-refractivity contribution is 0.0846. The predicted molar refractivity (Wildman–Crippen MR) is 118 cm³/mol. The molecule has 1 fully saturated rings. The molecule has 7 nitrogen and oxygen atoms in total. The maximum Gasteiger partial charge on any atom is 0.417 e. The summed E-state index contributed by atoms with van der Waals surface area (Å²) in [4.78, 5) is 26.2. The maximum absolute atomic E-state index is 12.6. The van der Waals surface area contributed by atoms with Gasteiger partial charge in [-0.2, -0.15) is 0 Å². The molecule has 1 aliphatic rings. The van der Waals surface area contributed by atoms with Crippen LogP contribution in [-0.2, 0) is 4.74 Å². The number of anilines is 1. The lowest BCUT2D eigenvalue weighted by Gasteiger charge is -2.25. The molecule has 0 radical (unpaired) electrons. The molecule has 2 aromatic heterocycles. The highest BCUT2D eigenvalue weighted by molar-refractivity contribution is 5.87. The highest BCUT2D eigenvalue weighted by atomic mass is 16.6. The van der Waals surface area contributed by atoms with E-state index in [2.05, 4.69) is 15.3 Å². The Labute approximate surface area is 181 Å². The van der Waals surface area contributed by atoms with E-state index < -0.39 is 6.09 Å². The summed E-state index contributed by atoms with van der Waals surface area (Å²) in [5, 5.41) is 2.90. The molecule has 0 saturated carbocycles. The van der Waals surface area contributed by atoms with Crippen LogP contribution in [0.3, 0.4) is 0 Å². The Morgan fingerprint density at radius 3 is 2.42 bits per heavy atom. The monoisotopic (exact) mass is 418 g/mol. The second kappa shape index (κ2) is 9.22. The Kier molecular flexibility index (Phi) is 6.23. The summed E-state index contributed by atoms with van der Waals surface area (Å²) < 4.78 is 11.0. The lowest BCUT2D eigenvalue weighted by atomic mass is 9.93. The van der Waals surface area contributed by atoms with Crippen LogP contribution in [0.5, 0.6) is 5.75 Å². The third-order valence-electron chi connectivity index (χ3n) is 5.37. The van der Waals surface area contributed by atoms with E-state index in [9.17, 15) is 4.79 Å². The van der Waals surface area contributed by atoms with E-state index in [0.717, 1.165) is 40.9 Å². The van der Waals surface area contributed by atoms with Crippen molar-refractivity contribution in [3.8, 4) is 17.0 Å². The summed E-state index contributed by atoms with van der Waals surface area (Å²) in [6, 6.07) is 9.31. The SMILES string of the molecule is Cc1ccc(OC(=O)Nc2cc(C)c(-c3cnc(C)nc3)nc2C2CCOCC2)cc1. The molecule has 1 saturated heterocycles. The fraction of sp³-hybridized carbons (Fsp3) is 0.333. The first kappa shape index (κ1) is 20.9. The van der Waals surface area contributed by atoms with Gasteiger partial charge in [-0.1, -0.05) is 17.7 Å². The number of aryl methyl sites for hydroxylation is 3. The predicted octanol–water partition coefficient (Wildman–Crippen LogP) is 4.97. The number of aromatic nitrogens is 3. The highest BCUT2D eigenvalue weighted by Gasteiger charge is 2.24. The molecule has 1 N–H and O–H groups in total. The second-order valence-corrected chi connectivity index (χ2v) is 7.82. The zero-order chi connectivity index (χ0) is 21.8. The number of rotatable bonds is 4. The minimum absolute atomic E-state index is 0.189. The van der Waals surface area contributed by atoms with Crippen molar-refractivity contribution in [2.45, 2.75) is 39.5 Å². The van der Waals surface area contributed by atoms with E-state index in [0.29, 0.717) is 30.5 Å². The fourth-order valence-corrected chi connectivity index (χ4v) is 3.67. The molecule has 1 aromatic carbocycles. The largest absolute Gasteiger partial charge is 0.417 e. The molecule has 1 aliphatic heterocycles. The second-order valence-electron chi connectivity index (χ2n) is 7.82. The summed E-state index contributed by atoms with van der Waals surface area (Å²) in [5.41, 5.74) is 5.20. The molecule has 0 atom stereocenters. The molecular weight excluding hydrogens is 392 g/mol. The number of pyridine rings is 1. The maximum atomic E-state index is 12.6. The third kappa shape index (κ3) is 5.06. The number of carbonyl (C=O) groups is 1. The zero-order valence-electron chi connectivity index (χ0n) is 18.0. The van der Waals surface area contributed by atoms with Crippen molar-refractivity contribution >= 4 is 11.8 Å². The van der Waals surface area contributed by atoms with Gasteiger partial charge in [-0.15, -0.1) is 0 Å². The molecule has 0 spiro atoms. The van der Waals surface area contributed by atoms with Gasteiger partial charge in [0.2, 0.25) is 0 Å². The Morgan fingerprint density at radius 1 is 1.06 bits per heavy atom. The van der Waals surface area contributed by atoms with Crippen LogP contribution in [0.25, 0.3) is 11.3 Å². The van der Waals surface area contributed by atoms with E-state index in [-0.39, 0.29) is 5.92 Å². The molecule has 0 bridgehead atoms. The first-order chi connectivity index (χ1) is 15.0. The minimum Gasteiger partial charge on any atom is -0.410 e. The van der Waals surface area contributed by atoms with Crippen LogP contribution < -0.4 is 10.1 Å². The van der Waals surface area contributed by atoms with Gasteiger partial charge >= 0.3 is 6.09 Å². The van der Waals surface area contributed by atoms with Gasteiger partial charge in [0.05, 0.1) is 17.1 Å². The van der Waals surface area contributed by atoms with Gasteiger partial charge in [0.1, 0.15) is 11.6 Å². The number of ether oxygens (including phenoxy) is 2. The van der Waals surface area contributed by atoms with Crippen LogP contribution >= 0.6 is 0 Å². The first-order valence-corrected chi connectivity index (χ1v) is 10.4. The highest BCUT2D eigenvalue weighted by Crippen LogP contribution is 2.34. The average molecular weight is 418 g/mol. The summed E-state index contributed by atoms with van der Waals surface area (Å²) in [6.45, 7) is 7.16. The van der Waals surface area contributed by atoms with E-state index in [1.54, 1.807) is 24.5 Å². The van der Waals surface area contributed by atoms with Crippen LogP contribution in [-0.4, -0.2) is 34.3 Å². The number of carbonyl (C=O) groups excluding carboxylic acids is 1. The number of nitrogens with one attached hydrogen (secondary N) is 1. The number of benzene rings is 1. The van der Waals surface area contributed by atoms with Crippen molar-refractivity contribution in [3.05, 3.63) is 65.4 Å². The number of amides is 1. The third-order valence-corrected chi connectivity index (χ3v) is 5.37. The molecule has 3 aromatic rings. The average Bonchev–Trinajstić information content (AvgIpc) is 2.77. The molecule has 3 heterocycles. The molecule has 0 unspecified atom stereocenters. The van der Waals surface area contributed by atoms with Crippen molar-refractivity contribution in [1.29, 1.82) is 0 Å². The Balaban J connectivity index is 1.65. The standard InChI is InChI=1S/C24H26N4O3/c1-15-4-6-20(7-5-15)31-24(29)27-21-12-16(2)22(19-13-25-17(3)26-14-19)28-23(21)18-8-10-30-11-9-18/h4-7,12-14,18H,8-11H2,1-3H3,(H,27,29). The van der Waals surface area contributed by atoms with E-state index >= 15 is 0 Å². The number of hydrogen-bond donors (Lipinski definition) is 1. The molecule has 1 amide bonds.